The van der Waals surface area contributed by atoms with Gasteiger partial charge >= 0.3 is 5.97 Å². The highest BCUT2D eigenvalue weighted by Crippen LogP contribution is 2.14. The Bertz CT molecular complexity index is 497. The highest BCUT2D eigenvalue weighted by Gasteiger charge is 2.09. The number of amides is 1. The van der Waals surface area contributed by atoms with Crippen molar-refractivity contribution in [2.45, 2.75) is 26.2 Å². The van der Waals surface area contributed by atoms with E-state index < -0.39 is 11.9 Å². The summed E-state index contributed by atoms with van der Waals surface area (Å²) in [6, 6.07) is 6.16. The van der Waals surface area contributed by atoms with Crippen molar-refractivity contribution in [3.8, 4) is 5.75 Å². The van der Waals surface area contributed by atoms with E-state index in [0.29, 0.717) is 18.6 Å². The summed E-state index contributed by atoms with van der Waals surface area (Å²) in [5.41, 5.74) is 3.09. The van der Waals surface area contributed by atoms with Crippen molar-refractivity contribution in [2.24, 2.45) is 5.10 Å². The molecule has 1 aromatic carbocycles. The van der Waals surface area contributed by atoms with E-state index in [1.165, 1.54) is 12.1 Å². The van der Waals surface area contributed by atoms with Crippen molar-refractivity contribution < 1.29 is 19.8 Å². The lowest BCUT2D eigenvalue weighted by Gasteiger charge is -2.03. The van der Waals surface area contributed by atoms with E-state index in [9.17, 15) is 14.7 Å². The summed E-state index contributed by atoms with van der Waals surface area (Å²) in [6.07, 6.45) is 1.03. The number of nitrogens with zero attached hydrogens (tertiary/aromatic N) is 1. The zero-order valence-electron chi connectivity index (χ0n) is 10.6. The third kappa shape index (κ3) is 5.20. The van der Waals surface area contributed by atoms with Gasteiger partial charge in [-0.05, 0) is 31.9 Å². The molecule has 0 radical (unpaired) electrons. The fourth-order valence-electron chi connectivity index (χ4n) is 1.42. The molecule has 0 heterocycles. The molecule has 0 fully saturated rings. The maximum atomic E-state index is 11.7. The molecule has 0 atom stereocenters. The summed E-state index contributed by atoms with van der Waals surface area (Å²) in [6.45, 7) is 1.70. The van der Waals surface area contributed by atoms with Gasteiger partial charge in [0.15, 0.2) is 0 Å². The molecule has 0 aliphatic carbocycles. The SMILES string of the molecule is C/C(CCCC(=O)O)=N\NC(=O)c1ccccc1O. The maximum absolute atomic E-state index is 11.7. The maximum Gasteiger partial charge on any atom is 0.303 e. The van der Waals surface area contributed by atoms with E-state index in [2.05, 4.69) is 10.5 Å². The van der Waals surface area contributed by atoms with Crippen LogP contribution in [0.25, 0.3) is 0 Å². The summed E-state index contributed by atoms with van der Waals surface area (Å²) in [5, 5.41) is 21.8. The molecule has 3 N–H and O–H groups in total. The second kappa shape index (κ2) is 7.15. The van der Waals surface area contributed by atoms with Crippen molar-refractivity contribution >= 4 is 17.6 Å². The van der Waals surface area contributed by atoms with Gasteiger partial charge in [0.2, 0.25) is 0 Å². The molecular formula is C13H16N2O4. The monoisotopic (exact) mass is 264 g/mol. The number of phenolic OH excluding ortho intramolecular Hbond substituents is 1. The number of phenols is 1. The van der Waals surface area contributed by atoms with Crippen molar-refractivity contribution in [3.63, 3.8) is 0 Å². The van der Waals surface area contributed by atoms with Gasteiger partial charge in [0.25, 0.3) is 5.91 Å². The van der Waals surface area contributed by atoms with E-state index >= 15 is 0 Å². The van der Waals surface area contributed by atoms with Crippen LogP contribution in [0.2, 0.25) is 0 Å². The molecule has 6 heteroatoms. The molecule has 1 amide bonds. The van der Waals surface area contributed by atoms with Gasteiger partial charge in [-0.25, -0.2) is 5.43 Å². The highest BCUT2D eigenvalue weighted by molar-refractivity contribution is 5.97. The lowest BCUT2D eigenvalue weighted by atomic mass is 10.2. The first-order chi connectivity index (χ1) is 9.00. The second-order valence-corrected chi connectivity index (χ2v) is 4.05. The van der Waals surface area contributed by atoms with Crippen LogP contribution in [-0.2, 0) is 4.79 Å². The lowest BCUT2D eigenvalue weighted by molar-refractivity contribution is -0.137. The molecule has 0 saturated carbocycles. The standard InChI is InChI=1S/C13H16N2O4/c1-9(5-4-8-12(17)18)14-15-13(19)10-6-2-3-7-11(10)16/h2-3,6-7,16H,4-5,8H2,1H3,(H,15,19)(H,17,18)/b14-9+. The van der Waals surface area contributed by atoms with E-state index in [4.69, 9.17) is 5.11 Å². The van der Waals surface area contributed by atoms with E-state index in [1.54, 1.807) is 19.1 Å². The molecule has 0 aromatic heterocycles. The molecule has 0 saturated heterocycles. The number of carboxylic acids is 1. The Kier molecular flexibility index (Phi) is 5.53. The number of aliphatic carboxylic acids is 1. The molecule has 6 nitrogen and oxygen atoms in total. The van der Waals surface area contributed by atoms with Crippen LogP contribution in [0.15, 0.2) is 29.4 Å². The summed E-state index contributed by atoms with van der Waals surface area (Å²) in [7, 11) is 0. The molecule has 1 aromatic rings. The van der Waals surface area contributed by atoms with Gasteiger partial charge < -0.3 is 10.2 Å². The minimum Gasteiger partial charge on any atom is -0.507 e. The van der Waals surface area contributed by atoms with Gasteiger partial charge in [-0.15, -0.1) is 0 Å². The minimum absolute atomic E-state index is 0.0697. The van der Waals surface area contributed by atoms with Crippen LogP contribution in [0.5, 0.6) is 5.75 Å². The van der Waals surface area contributed by atoms with Crippen molar-refractivity contribution in [2.75, 3.05) is 0 Å². The Balaban J connectivity index is 2.49. The number of para-hydroxylation sites is 1. The van der Waals surface area contributed by atoms with Crippen LogP contribution >= 0.6 is 0 Å². The quantitative estimate of drug-likeness (QED) is 0.538. The number of benzene rings is 1. The summed E-state index contributed by atoms with van der Waals surface area (Å²) < 4.78 is 0. The third-order valence-electron chi connectivity index (χ3n) is 2.43. The normalized spacial score (nSPS) is 11.1. The number of aromatic hydroxyl groups is 1. The molecule has 0 aliphatic heterocycles. The Morgan fingerprint density at radius 3 is 2.58 bits per heavy atom. The second-order valence-electron chi connectivity index (χ2n) is 4.05. The van der Waals surface area contributed by atoms with Gasteiger partial charge in [0.1, 0.15) is 5.75 Å². The van der Waals surface area contributed by atoms with Crippen LogP contribution in [0.3, 0.4) is 0 Å². The number of carbonyl (C=O) groups excluding carboxylic acids is 1. The first-order valence-electron chi connectivity index (χ1n) is 5.84. The van der Waals surface area contributed by atoms with Crippen LogP contribution in [0.4, 0.5) is 0 Å². The summed E-state index contributed by atoms with van der Waals surface area (Å²) in [5.74, 6) is -1.47. The number of carboxylic acid groups (broad SMARTS) is 1. The zero-order chi connectivity index (χ0) is 14.3. The fourth-order valence-corrected chi connectivity index (χ4v) is 1.42. The number of carbonyl (C=O) groups is 2. The summed E-state index contributed by atoms with van der Waals surface area (Å²) >= 11 is 0. The van der Waals surface area contributed by atoms with Crippen LogP contribution in [-0.4, -0.2) is 27.8 Å². The van der Waals surface area contributed by atoms with Crippen LogP contribution in [0.1, 0.15) is 36.5 Å². The fraction of sp³-hybridized carbons (Fsp3) is 0.308. The zero-order valence-corrected chi connectivity index (χ0v) is 10.6. The first kappa shape index (κ1) is 14.7. The number of hydrogen-bond acceptors (Lipinski definition) is 4. The number of hydrogen-bond donors (Lipinski definition) is 3. The summed E-state index contributed by atoms with van der Waals surface area (Å²) in [4.78, 5) is 22.0. The third-order valence-corrected chi connectivity index (χ3v) is 2.43. The number of hydrazone groups is 1. The predicted molar refractivity (Wildman–Crippen MR) is 70.2 cm³/mol. The minimum atomic E-state index is -0.856. The molecule has 1 rings (SSSR count). The first-order valence-corrected chi connectivity index (χ1v) is 5.84. The molecule has 0 unspecified atom stereocenters. The van der Waals surface area contributed by atoms with Crippen molar-refractivity contribution in [3.05, 3.63) is 29.8 Å². The Labute approximate surface area is 110 Å². The topological polar surface area (TPSA) is 99.0 Å². The Morgan fingerprint density at radius 1 is 1.26 bits per heavy atom. The molecule has 0 aliphatic rings. The average molecular weight is 264 g/mol. The largest absolute Gasteiger partial charge is 0.507 e. The van der Waals surface area contributed by atoms with Crippen LogP contribution in [0, 0.1) is 0 Å². The Hall–Kier alpha value is -2.37. The van der Waals surface area contributed by atoms with Crippen molar-refractivity contribution in [1.82, 2.24) is 5.43 Å². The van der Waals surface area contributed by atoms with E-state index in [1.807, 2.05) is 0 Å². The number of nitrogens with one attached hydrogen (secondary N) is 1. The van der Waals surface area contributed by atoms with Gasteiger partial charge in [-0.2, -0.15) is 5.10 Å². The molecule has 0 bridgehead atoms. The van der Waals surface area contributed by atoms with E-state index in [0.717, 1.165) is 0 Å². The van der Waals surface area contributed by atoms with Crippen molar-refractivity contribution in [1.29, 1.82) is 0 Å². The molecule has 0 spiro atoms. The van der Waals surface area contributed by atoms with Gasteiger partial charge in [-0.1, -0.05) is 12.1 Å². The highest BCUT2D eigenvalue weighted by atomic mass is 16.4. The predicted octanol–water partition coefficient (Wildman–Crippen LogP) is 1.75. The van der Waals surface area contributed by atoms with Gasteiger partial charge in [0.05, 0.1) is 5.56 Å². The van der Waals surface area contributed by atoms with Crippen LogP contribution < -0.4 is 5.43 Å². The molecule has 102 valence electrons. The Morgan fingerprint density at radius 2 is 1.95 bits per heavy atom. The van der Waals surface area contributed by atoms with Gasteiger partial charge in [0, 0.05) is 12.1 Å². The molecular weight excluding hydrogens is 248 g/mol. The lowest BCUT2D eigenvalue weighted by Crippen LogP contribution is -2.19. The number of rotatable bonds is 6. The molecule has 19 heavy (non-hydrogen) atoms. The average Bonchev–Trinajstić information content (AvgIpc) is 2.36. The van der Waals surface area contributed by atoms with E-state index in [-0.39, 0.29) is 17.7 Å². The van der Waals surface area contributed by atoms with Gasteiger partial charge in [-0.3, -0.25) is 9.59 Å². The smallest absolute Gasteiger partial charge is 0.303 e.